The topological polar surface area (TPSA) is 88.8 Å². The standard InChI is InChI=1S/C16H25NO5/c1-5-11-6-7-13(22-11)12(10-21-4)17-14(18)8-16(2,3)9-15(19)20/h6-7,12H,5,8-10H2,1-4H3,(H,17,18)(H,19,20). The molecule has 0 aliphatic rings. The molecule has 0 bridgehead atoms. The average Bonchev–Trinajstić information content (AvgIpc) is 2.84. The first-order chi connectivity index (χ1) is 10.3. The third-order valence-corrected chi connectivity index (χ3v) is 3.31. The summed E-state index contributed by atoms with van der Waals surface area (Å²) in [6.45, 7) is 5.80. The molecule has 2 N–H and O–H groups in total. The molecule has 1 atom stereocenters. The van der Waals surface area contributed by atoms with Crippen LogP contribution in [0.15, 0.2) is 16.5 Å². The highest BCUT2D eigenvalue weighted by Gasteiger charge is 2.27. The number of furan rings is 1. The predicted molar refractivity (Wildman–Crippen MR) is 81.5 cm³/mol. The SMILES string of the molecule is CCc1ccc(C(COC)NC(=O)CC(C)(C)CC(=O)O)o1. The summed E-state index contributed by atoms with van der Waals surface area (Å²) in [4.78, 5) is 23.0. The molecular formula is C16H25NO5. The fraction of sp³-hybridized carbons (Fsp3) is 0.625. The van der Waals surface area contributed by atoms with E-state index in [0.29, 0.717) is 12.4 Å². The van der Waals surface area contributed by atoms with E-state index < -0.39 is 11.4 Å². The maximum absolute atomic E-state index is 12.2. The summed E-state index contributed by atoms with van der Waals surface area (Å²) in [5.41, 5.74) is -0.606. The molecule has 0 saturated carbocycles. The largest absolute Gasteiger partial charge is 0.481 e. The van der Waals surface area contributed by atoms with E-state index in [1.54, 1.807) is 21.0 Å². The highest BCUT2D eigenvalue weighted by molar-refractivity contribution is 5.78. The summed E-state index contributed by atoms with van der Waals surface area (Å²) in [7, 11) is 1.55. The number of carboxylic acid groups (broad SMARTS) is 1. The third-order valence-electron chi connectivity index (χ3n) is 3.31. The van der Waals surface area contributed by atoms with Crippen molar-refractivity contribution < 1.29 is 23.8 Å². The zero-order valence-corrected chi connectivity index (χ0v) is 13.6. The Morgan fingerprint density at radius 1 is 1.36 bits per heavy atom. The lowest BCUT2D eigenvalue weighted by Crippen LogP contribution is -2.34. The molecule has 0 aliphatic carbocycles. The van der Waals surface area contributed by atoms with Gasteiger partial charge in [0, 0.05) is 20.0 Å². The number of hydrogen-bond donors (Lipinski definition) is 2. The van der Waals surface area contributed by atoms with Gasteiger partial charge in [-0.25, -0.2) is 0 Å². The van der Waals surface area contributed by atoms with Crippen molar-refractivity contribution in [3.05, 3.63) is 23.7 Å². The maximum Gasteiger partial charge on any atom is 0.303 e. The number of hydrogen-bond acceptors (Lipinski definition) is 4. The van der Waals surface area contributed by atoms with E-state index in [4.69, 9.17) is 14.3 Å². The van der Waals surface area contributed by atoms with Crippen LogP contribution in [-0.4, -0.2) is 30.7 Å². The van der Waals surface area contributed by atoms with Gasteiger partial charge >= 0.3 is 5.97 Å². The highest BCUT2D eigenvalue weighted by Crippen LogP contribution is 2.26. The third kappa shape index (κ3) is 5.89. The van der Waals surface area contributed by atoms with Crippen LogP contribution >= 0.6 is 0 Å². The smallest absolute Gasteiger partial charge is 0.303 e. The van der Waals surface area contributed by atoms with Crippen molar-refractivity contribution in [1.82, 2.24) is 5.32 Å². The lowest BCUT2D eigenvalue weighted by Gasteiger charge is -2.23. The van der Waals surface area contributed by atoms with Crippen molar-refractivity contribution in [2.75, 3.05) is 13.7 Å². The Balaban J connectivity index is 2.70. The number of aryl methyl sites for hydroxylation is 1. The molecule has 1 heterocycles. The average molecular weight is 311 g/mol. The van der Waals surface area contributed by atoms with Crippen molar-refractivity contribution in [2.45, 2.75) is 46.1 Å². The Morgan fingerprint density at radius 3 is 2.55 bits per heavy atom. The van der Waals surface area contributed by atoms with Crippen LogP contribution in [0.25, 0.3) is 0 Å². The molecule has 1 unspecified atom stereocenters. The second-order valence-corrected chi connectivity index (χ2v) is 6.14. The molecule has 0 saturated heterocycles. The first kappa shape index (κ1) is 18.2. The number of carbonyl (C=O) groups excluding carboxylic acids is 1. The van der Waals surface area contributed by atoms with Gasteiger partial charge in [-0.1, -0.05) is 20.8 Å². The number of amides is 1. The molecule has 0 spiro atoms. The van der Waals surface area contributed by atoms with Crippen LogP contribution in [0.5, 0.6) is 0 Å². The predicted octanol–water partition coefficient (Wildman–Crippen LogP) is 2.54. The summed E-state index contributed by atoms with van der Waals surface area (Å²) in [6, 6.07) is 3.32. The van der Waals surface area contributed by atoms with Crippen molar-refractivity contribution in [1.29, 1.82) is 0 Å². The van der Waals surface area contributed by atoms with Crippen molar-refractivity contribution >= 4 is 11.9 Å². The Bertz CT molecular complexity index is 506. The Hall–Kier alpha value is -1.82. The van der Waals surface area contributed by atoms with Gasteiger partial charge in [0.15, 0.2) is 0 Å². The molecule has 1 rings (SSSR count). The number of carbonyl (C=O) groups is 2. The van der Waals surface area contributed by atoms with Gasteiger partial charge in [-0.05, 0) is 17.5 Å². The first-order valence-electron chi connectivity index (χ1n) is 7.36. The number of nitrogens with one attached hydrogen (secondary N) is 1. The maximum atomic E-state index is 12.2. The van der Waals surface area contributed by atoms with Crippen LogP contribution < -0.4 is 5.32 Å². The molecule has 22 heavy (non-hydrogen) atoms. The number of methoxy groups -OCH3 is 1. The lowest BCUT2D eigenvalue weighted by atomic mass is 9.85. The van der Waals surface area contributed by atoms with Gasteiger partial charge in [-0.15, -0.1) is 0 Å². The fourth-order valence-corrected chi connectivity index (χ4v) is 2.29. The van der Waals surface area contributed by atoms with E-state index in [2.05, 4.69) is 5.32 Å². The van der Waals surface area contributed by atoms with Crippen LogP contribution in [-0.2, 0) is 20.7 Å². The van der Waals surface area contributed by atoms with E-state index in [-0.39, 0.29) is 24.8 Å². The summed E-state index contributed by atoms with van der Waals surface area (Å²) in [5.74, 6) is 0.354. The normalized spacial score (nSPS) is 12.9. The van der Waals surface area contributed by atoms with Crippen molar-refractivity contribution in [3.8, 4) is 0 Å². The molecule has 0 aliphatic heterocycles. The summed E-state index contributed by atoms with van der Waals surface area (Å²) in [6.07, 6.45) is 0.844. The number of ether oxygens (including phenoxy) is 1. The Kier molecular flexibility index (Phi) is 6.61. The monoisotopic (exact) mass is 311 g/mol. The first-order valence-corrected chi connectivity index (χ1v) is 7.36. The van der Waals surface area contributed by atoms with Gasteiger partial charge in [0.25, 0.3) is 0 Å². The fourth-order valence-electron chi connectivity index (χ4n) is 2.29. The summed E-state index contributed by atoms with van der Waals surface area (Å²) >= 11 is 0. The van der Waals surface area contributed by atoms with E-state index in [0.717, 1.165) is 12.2 Å². The summed E-state index contributed by atoms with van der Waals surface area (Å²) < 4.78 is 10.8. The van der Waals surface area contributed by atoms with E-state index >= 15 is 0 Å². The Morgan fingerprint density at radius 2 is 2.05 bits per heavy atom. The molecule has 124 valence electrons. The number of rotatable bonds is 9. The van der Waals surface area contributed by atoms with Crippen LogP contribution in [0.4, 0.5) is 0 Å². The molecule has 0 aromatic carbocycles. The zero-order chi connectivity index (χ0) is 16.8. The summed E-state index contributed by atoms with van der Waals surface area (Å²) in [5, 5.41) is 11.7. The quantitative estimate of drug-likeness (QED) is 0.731. The second kappa shape index (κ2) is 7.98. The molecule has 1 aromatic heterocycles. The number of carboxylic acids is 1. The molecule has 0 fully saturated rings. The molecule has 6 heteroatoms. The van der Waals surface area contributed by atoms with Gasteiger partial charge in [-0.2, -0.15) is 0 Å². The van der Waals surface area contributed by atoms with Crippen LogP contribution in [0.1, 0.15) is 51.2 Å². The van der Waals surface area contributed by atoms with Crippen LogP contribution in [0.3, 0.4) is 0 Å². The van der Waals surface area contributed by atoms with E-state index in [9.17, 15) is 9.59 Å². The zero-order valence-electron chi connectivity index (χ0n) is 13.6. The van der Waals surface area contributed by atoms with E-state index in [1.165, 1.54) is 0 Å². The minimum absolute atomic E-state index is 0.0594. The minimum atomic E-state index is -0.912. The van der Waals surface area contributed by atoms with Gasteiger partial charge < -0.3 is 19.6 Å². The number of aliphatic carboxylic acids is 1. The van der Waals surface area contributed by atoms with Crippen molar-refractivity contribution in [3.63, 3.8) is 0 Å². The van der Waals surface area contributed by atoms with E-state index in [1.807, 2.05) is 19.1 Å². The molecule has 0 radical (unpaired) electrons. The lowest BCUT2D eigenvalue weighted by molar-refractivity contribution is -0.139. The van der Waals surface area contributed by atoms with Gasteiger partial charge in [0.1, 0.15) is 17.6 Å². The van der Waals surface area contributed by atoms with Crippen LogP contribution in [0, 0.1) is 5.41 Å². The molecule has 6 nitrogen and oxygen atoms in total. The van der Waals surface area contributed by atoms with Gasteiger partial charge in [-0.3, -0.25) is 9.59 Å². The molecular weight excluding hydrogens is 286 g/mol. The molecule has 1 aromatic rings. The Labute approximate surface area is 130 Å². The van der Waals surface area contributed by atoms with Crippen LogP contribution in [0.2, 0.25) is 0 Å². The molecule has 1 amide bonds. The minimum Gasteiger partial charge on any atom is -0.481 e. The van der Waals surface area contributed by atoms with Crippen molar-refractivity contribution in [2.24, 2.45) is 5.41 Å². The second-order valence-electron chi connectivity index (χ2n) is 6.14. The van der Waals surface area contributed by atoms with Gasteiger partial charge in [0.2, 0.25) is 5.91 Å². The highest BCUT2D eigenvalue weighted by atomic mass is 16.5. The van der Waals surface area contributed by atoms with Gasteiger partial charge in [0.05, 0.1) is 13.0 Å².